The van der Waals surface area contributed by atoms with Crippen molar-refractivity contribution in [2.24, 2.45) is 0 Å². The van der Waals surface area contributed by atoms with Crippen molar-refractivity contribution in [2.45, 2.75) is 51.6 Å². The minimum Gasteiger partial charge on any atom is -0.306 e. The van der Waals surface area contributed by atoms with Gasteiger partial charge >= 0.3 is 0 Å². The number of nitrogens with zero attached hydrogens (tertiary/aromatic N) is 3. The Morgan fingerprint density at radius 1 is 1.29 bits per heavy atom. The van der Waals surface area contributed by atoms with Crippen LogP contribution >= 0.6 is 34.2 Å². The van der Waals surface area contributed by atoms with Crippen LogP contribution in [-0.4, -0.2) is 27.6 Å². The van der Waals surface area contributed by atoms with E-state index < -0.39 is 0 Å². The molecule has 1 aromatic carbocycles. The number of aromatic nitrogens is 2. The van der Waals surface area contributed by atoms with Crippen molar-refractivity contribution < 1.29 is 0 Å². The van der Waals surface area contributed by atoms with Gasteiger partial charge in [-0.15, -0.1) is 11.6 Å². The van der Waals surface area contributed by atoms with Crippen LogP contribution in [0.25, 0.3) is 11.0 Å². The molecule has 2 unspecified atom stereocenters. The van der Waals surface area contributed by atoms with Crippen LogP contribution in [-0.2, 0) is 6.42 Å². The Kier molecular flexibility index (Phi) is 4.64. The molecule has 2 atom stereocenters. The molecule has 3 rings (SSSR count). The second-order valence-corrected chi connectivity index (χ2v) is 7.54. The minimum absolute atomic E-state index is 0.541. The van der Waals surface area contributed by atoms with E-state index in [1.807, 2.05) is 0 Å². The maximum Gasteiger partial charge on any atom is 0.130 e. The molecular formula is C16H21ClIN3. The Bertz CT molecular complexity index is 630. The van der Waals surface area contributed by atoms with E-state index in [9.17, 15) is 0 Å². The molecule has 21 heavy (non-hydrogen) atoms. The highest BCUT2D eigenvalue weighted by molar-refractivity contribution is 14.1. The van der Waals surface area contributed by atoms with E-state index in [1.165, 1.54) is 28.3 Å². The van der Waals surface area contributed by atoms with Crippen LogP contribution in [0.3, 0.4) is 0 Å². The third kappa shape index (κ3) is 2.89. The summed E-state index contributed by atoms with van der Waals surface area (Å²) in [4.78, 5) is 4.84. The number of piperidine rings is 1. The summed E-state index contributed by atoms with van der Waals surface area (Å²) in [6, 6.07) is 7.59. The Hall–Kier alpha value is -0.490. The third-order valence-corrected chi connectivity index (χ3v) is 5.22. The van der Waals surface area contributed by atoms with Crippen LogP contribution in [0, 0.1) is 3.57 Å². The van der Waals surface area contributed by atoms with Crippen molar-refractivity contribution in [3.8, 4) is 0 Å². The summed E-state index contributed by atoms with van der Waals surface area (Å²) in [5.74, 6) is 1.69. The molecule has 0 saturated carbocycles. The lowest BCUT2D eigenvalue weighted by atomic mass is 10.00. The number of hydrogen-bond donors (Lipinski definition) is 0. The molecule has 2 aromatic rings. The molecule has 3 nitrogen and oxygen atoms in total. The summed E-state index contributed by atoms with van der Waals surface area (Å²) < 4.78 is 3.56. The van der Waals surface area contributed by atoms with Gasteiger partial charge in [-0.25, -0.2) is 9.66 Å². The van der Waals surface area contributed by atoms with Crippen LogP contribution in [0.5, 0.6) is 0 Å². The quantitative estimate of drug-likeness (QED) is 0.548. The summed E-state index contributed by atoms with van der Waals surface area (Å²) in [6.07, 6.45) is 4.61. The fourth-order valence-electron chi connectivity index (χ4n) is 3.40. The van der Waals surface area contributed by atoms with Gasteiger partial charge in [0, 0.05) is 28.0 Å². The lowest BCUT2D eigenvalue weighted by Crippen LogP contribution is -2.51. The van der Waals surface area contributed by atoms with Gasteiger partial charge in [-0.1, -0.05) is 0 Å². The summed E-state index contributed by atoms with van der Waals surface area (Å²) in [6.45, 7) is 4.64. The van der Waals surface area contributed by atoms with E-state index in [0.717, 1.165) is 17.8 Å². The van der Waals surface area contributed by atoms with Crippen molar-refractivity contribution in [3.63, 3.8) is 0 Å². The monoisotopic (exact) mass is 417 g/mol. The van der Waals surface area contributed by atoms with E-state index in [2.05, 4.69) is 64.3 Å². The maximum atomic E-state index is 6.01. The number of benzene rings is 1. The molecule has 0 radical (unpaired) electrons. The van der Waals surface area contributed by atoms with E-state index in [4.69, 9.17) is 16.6 Å². The van der Waals surface area contributed by atoms with E-state index in [0.29, 0.717) is 18.0 Å². The molecule has 1 fully saturated rings. The number of halogens is 2. The third-order valence-electron chi connectivity index (χ3n) is 4.36. The molecule has 0 aliphatic carbocycles. The SMILES string of the molecule is CC1CCCC(C)N1n1c(CCCl)nc2cc(I)ccc21. The lowest BCUT2D eigenvalue weighted by molar-refractivity contribution is 0.336. The molecular weight excluding hydrogens is 397 g/mol. The van der Waals surface area contributed by atoms with E-state index in [-0.39, 0.29) is 0 Å². The number of aryl methyl sites for hydroxylation is 1. The van der Waals surface area contributed by atoms with Gasteiger partial charge in [-0.05, 0) is 73.9 Å². The molecule has 0 N–H and O–H groups in total. The topological polar surface area (TPSA) is 21.1 Å². The van der Waals surface area contributed by atoms with Crippen molar-refractivity contribution in [1.29, 1.82) is 0 Å². The predicted molar refractivity (Wildman–Crippen MR) is 97.9 cm³/mol. The van der Waals surface area contributed by atoms with Gasteiger partial charge in [0.2, 0.25) is 0 Å². The van der Waals surface area contributed by atoms with Gasteiger partial charge in [-0.3, -0.25) is 0 Å². The van der Waals surface area contributed by atoms with Gasteiger partial charge in [0.25, 0.3) is 0 Å². The van der Waals surface area contributed by atoms with Crippen molar-refractivity contribution >= 4 is 45.2 Å². The molecule has 0 spiro atoms. The second kappa shape index (κ2) is 6.32. The number of imidazole rings is 1. The standard InChI is InChI=1S/C16H21ClIN3/c1-11-4-3-5-12(2)20(11)21-15-7-6-13(18)10-14(15)19-16(21)8-9-17/h6-7,10-12H,3-5,8-9H2,1-2H3. The summed E-state index contributed by atoms with van der Waals surface area (Å²) in [7, 11) is 0. The number of fused-ring (bicyclic) bond motifs is 1. The molecule has 1 aliphatic rings. The Morgan fingerprint density at radius 3 is 2.67 bits per heavy atom. The van der Waals surface area contributed by atoms with Crippen LogP contribution in [0.1, 0.15) is 38.9 Å². The molecule has 1 aliphatic heterocycles. The lowest BCUT2D eigenvalue weighted by Gasteiger charge is -2.42. The van der Waals surface area contributed by atoms with E-state index >= 15 is 0 Å². The number of hydrogen-bond acceptors (Lipinski definition) is 2. The molecule has 1 saturated heterocycles. The second-order valence-electron chi connectivity index (χ2n) is 5.92. The number of rotatable bonds is 3. The summed E-state index contributed by atoms with van der Waals surface area (Å²) >= 11 is 8.35. The average molecular weight is 418 g/mol. The Balaban J connectivity index is 2.16. The van der Waals surface area contributed by atoms with Crippen molar-refractivity contribution in [1.82, 2.24) is 9.66 Å². The van der Waals surface area contributed by atoms with Gasteiger partial charge in [0.05, 0.1) is 11.0 Å². The Morgan fingerprint density at radius 2 is 2.00 bits per heavy atom. The first kappa shape index (κ1) is 15.4. The highest BCUT2D eigenvalue weighted by Crippen LogP contribution is 2.27. The van der Waals surface area contributed by atoms with Crippen LogP contribution < -0.4 is 5.01 Å². The first-order chi connectivity index (χ1) is 10.1. The maximum absolute atomic E-state index is 6.01. The molecule has 0 bridgehead atoms. The van der Waals surface area contributed by atoms with Gasteiger partial charge in [0.1, 0.15) is 5.82 Å². The zero-order chi connectivity index (χ0) is 15.0. The molecule has 1 aromatic heterocycles. The average Bonchev–Trinajstić information content (AvgIpc) is 2.77. The van der Waals surface area contributed by atoms with Crippen molar-refractivity contribution in [2.75, 3.05) is 10.9 Å². The fraction of sp³-hybridized carbons (Fsp3) is 0.562. The van der Waals surface area contributed by atoms with E-state index in [1.54, 1.807) is 0 Å². The Labute approximate surface area is 144 Å². The van der Waals surface area contributed by atoms with Crippen LogP contribution in [0.2, 0.25) is 0 Å². The highest BCUT2D eigenvalue weighted by atomic mass is 127. The van der Waals surface area contributed by atoms with Gasteiger partial charge < -0.3 is 5.01 Å². The zero-order valence-electron chi connectivity index (χ0n) is 12.5. The minimum atomic E-state index is 0.541. The molecule has 5 heteroatoms. The zero-order valence-corrected chi connectivity index (χ0v) is 15.4. The molecule has 114 valence electrons. The van der Waals surface area contributed by atoms with Gasteiger partial charge in [0.15, 0.2) is 0 Å². The largest absolute Gasteiger partial charge is 0.306 e. The van der Waals surface area contributed by atoms with Crippen LogP contribution in [0.15, 0.2) is 18.2 Å². The smallest absolute Gasteiger partial charge is 0.130 e. The summed E-state index contributed by atoms with van der Waals surface area (Å²) in [5.41, 5.74) is 2.28. The first-order valence-electron chi connectivity index (χ1n) is 7.63. The number of alkyl halides is 1. The highest BCUT2D eigenvalue weighted by Gasteiger charge is 2.28. The molecule has 0 amide bonds. The first-order valence-corrected chi connectivity index (χ1v) is 9.24. The normalized spacial score (nSPS) is 23.0. The predicted octanol–water partition coefficient (Wildman–Crippen LogP) is 4.32. The fourth-order valence-corrected chi connectivity index (χ4v) is 4.04. The van der Waals surface area contributed by atoms with Crippen molar-refractivity contribution in [3.05, 3.63) is 27.6 Å². The van der Waals surface area contributed by atoms with Gasteiger partial charge in [-0.2, -0.15) is 0 Å². The van der Waals surface area contributed by atoms with Crippen LogP contribution in [0.4, 0.5) is 0 Å². The molecule has 2 heterocycles. The summed E-state index contributed by atoms with van der Waals surface area (Å²) in [5, 5.41) is 2.51.